The minimum atomic E-state index is -0.765. The van der Waals surface area contributed by atoms with E-state index >= 15 is 0 Å². The number of rotatable bonds is 4. The quantitative estimate of drug-likeness (QED) is 0.866. The Labute approximate surface area is 109 Å². The first-order valence-electron chi connectivity index (χ1n) is 5.58. The summed E-state index contributed by atoms with van der Waals surface area (Å²) < 4.78 is 1.28. The summed E-state index contributed by atoms with van der Waals surface area (Å²) in [6, 6.07) is 1.48. The highest BCUT2D eigenvalue weighted by Gasteiger charge is 2.16. The maximum atomic E-state index is 11.7. The Balaban J connectivity index is 2.19. The zero-order chi connectivity index (χ0) is 13.3. The van der Waals surface area contributed by atoms with Crippen molar-refractivity contribution in [3.8, 4) is 0 Å². The van der Waals surface area contributed by atoms with Crippen molar-refractivity contribution in [3.63, 3.8) is 0 Å². The topological polar surface area (TPSA) is 70.7 Å². The fourth-order valence-corrected chi connectivity index (χ4v) is 2.52. The molecular formula is C11H16N4O2S. The molecule has 2 heterocycles. The molecule has 0 fully saturated rings. The fraction of sp³-hybridized carbons (Fsp3) is 0.545. The van der Waals surface area contributed by atoms with Crippen LogP contribution in [0.2, 0.25) is 0 Å². The maximum absolute atomic E-state index is 11.7. The van der Waals surface area contributed by atoms with E-state index in [2.05, 4.69) is 10.1 Å². The van der Waals surface area contributed by atoms with Gasteiger partial charge in [0, 0.05) is 19.2 Å². The maximum Gasteiger partial charge on any atom is 0.275 e. The molecule has 0 radical (unpaired) electrons. The van der Waals surface area contributed by atoms with Gasteiger partial charge in [-0.3, -0.25) is 9.69 Å². The molecule has 0 aliphatic rings. The van der Waals surface area contributed by atoms with Gasteiger partial charge in [-0.1, -0.05) is 11.3 Å². The Hall–Kier alpha value is -1.31. The van der Waals surface area contributed by atoms with Crippen molar-refractivity contribution in [2.45, 2.75) is 26.0 Å². The molecule has 0 spiro atoms. The van der Waals surface area contributed by atoms with Crippen molar-refractivity contribution in [1.82, 2.24) is 19.5 Å². The van der Waals surface area contributed by atoms with Gasteiger partial charge in [0.15, 0.2) is 0 Å². The van der Waals surface area contributed by atoms with Gasteiger partial charge in [0.1, 0.15) is 5.51 Å². The van der Waals surface area contributed by atoms with E-state index in [0.29, 0.717) is 23.7 Å². The van der Waals surface area contributed by atoms with Crippen molar-refractivity contribution in [3.05, 3.63) is 27.6 Å². The van der Waals surface area contributed by atoms with Crippen LogP contribution in [-0.2, 0) is 6.54 Å². The van der Waals surface area contributed by atoms with Gasteiger partial charge in [0.25, 0.3) is 5.56 Å². The number of hydrogen-bond acceptors (Lipinski definition) is 6. The van der Waals surface area contributed by atoms with E-state index < -0.39 is 5.60 Å². The zero-order valence-corrected chi connectivity index (χ0v) is 11.4. The smallest absolute Gasteiger partial charge is 0.275 e. The zero-order valence-electron chi connectivity index (χ0n) is 10.6. The molecule has 0 atom stereocenters. The number of aliphatic hydroxyl groups is 1. The van der Waals surface area contributed by atoms with E-state index in [0.717, 1.165) is 0 Å². The molecule has 7 heteroatoms. The molecule has 1 N–H and O–H groups in total. The average molecular weight is 268 g/mol. The van der Waals surface area contributed by atoms with E-state index in [1.54, 1.807) is 19.4 Å². The van der Waals surface area contributed by atoms with Gasteiger partial charge in [0.2, 0.25) is 4.96 Å². The third-order valence-corrected chi connectivity index (χ3v) is 3.00. The molecule has 2 aromatic heterocycles. The predicted molar refractivity (Wildman–Crippen MR) is 69.8 cm³/mol. The van der Waals surface area contributed by atoms with E-state index in [4.69, 9.17) is 0 Å². The van der Waals surface area contributed by atoms with Gasteiger partial charge in [-0.05, 0) is 20.9 Å². The van der Waals surface area contributed by atoms with Crippen LogP contribution >= 0.6 is 11.3 Å². The number of nitrogens with zero attached hydrogens (tertiary/aromatic N) is 4. The van der Waals surface area contributed by atoms with Gasteiger partial charge in [-0.2, -0.15) is 9.61 Å². The predicted octanol–water partition coefficient (Wildman–Crippen LogP) is 0.354. The lowest BCUT2D eigenvalue weighted by molar-refractivity contribution is 0.0422. The van der Waals surface area contributed by atoms with Crippen LogP contribution in [0.15, 0.2) is 16.4 Å². The molecule has 0 saturated carbocycles. The molecule has 18 heavy (non-hydrogen) atoms. The molecule has 6 nitrogen and oxygen atoms in total. The molecule has 2 aromatic rings. The Bertz CT molecular complexity index is 599. The number of likely N-dealkylation sites (N-methyl/N-ethyl adjacent to an activating group) is 1. The molecule has 98 valence electrons. The molecule has 0 aromatic carbocycles. The van der Waals surface area contributed by atoms with E-state index in [9.17, 15) is 9.90 Å². The van der Waals surface area contributed by atoms with E-state index in [-0.39, 0.29) is 5.56 Å². The van der Waals surface area contributed by atoms with Crippen LogP contribution in [0.1, 0.15) is 19.5 Å². The van der Waals surface area contributed by atoms with Crippen molar-refractivity contribution in [2.75, 3.05) is 13.6 Å². The van der Waals surface area contributed by atoms with E-state index in [1.165, 1.54) is 21.9 Å². The van der Waals surface area contributed by atoms with Crippen LogP contribution in [0, 0.1) is 0 Å². The molecular weight excluding hydrogens is 252 g/mol. The van der Waals surface area contributed by atoms with Gasteiger partial charge >= 0.3 is 0 Å². The Morgan fingerprint density at radius 1 is 1.56 bits per heavy atom. The summed E-state index contributed by atoms with van der Waals surface area (Å²) in [7, 11) is 1.88. The highest BCUT2D eigenvalue weighted by atomic mass is 32.1. The van der Waals surface area contributed by atoms with Crippen LogP contribution in [0.5, 0.6) is 0 Å². The van der Waals surface area contributed by atoms with Crippen LogP contribution in [-0.4, -0.2) is 43.8 Å². The van der Waals surface area contributed by atoms with Gasteiger partial charge in [0.05, 0.1) is 11.3 Å². The molecule has 0 unspecified atom stereocenters. The molecule has 0 aliphatic heterocycles. The number of fused-ring (bicyclic) bond motifs is 1. The minimum Gasteiger partial charge on any atom is -0.389 e. The van der Waals surface area contributed by atoms with Crippen molar-refractivity contribution < 1.29 is 5.11 Å². The summed E-state index contributed by atoms with van der Waals surface area (Å²) in [6.45, 7) is 4.53. The summed E-state index contributed by atoms with van der Waals surface area (Å²) in [5.74, 6) is 0. The van der Waals surface area contributed by atoms with Crippen molar-refractivity contribution in [2.24, 2.45) is 0 Å². The molecule has 0 aliphatic carbocycles. The van der Waals surface area contributed by atoms with Gasteiger partial charge < -0.3 is 5.11 Å². The average Bonchev–Trinajstić information content (AvgIpc) is 2.62. The van der Waals surface area contributed by atoms with Gasteiger partial charge in [-0.15, -0.1) is 0 Å². The van der Waals surface area contributed by atoms with Crippen LogP contribution in [0.4, 0.5) is 0 Å². The van der Waals surface area contributed by atoms with Gasteiger partial charge in [-0.25, -0.2) is 4.98 Å². The lowest BCUT2D eigenvalue weighted by atomic mass is 10.1. The van der Waals surface area contributed by atoms with Crippen molar-refractivity contribution in [1.29, 1.82) is 0 Å². The normalized spacial score (nSPS) is 12.5. The largest absolute Gasteiger partial charge is 0.389 e. The van der Waals surface area contributed by atoms with Crippen LogP contribution in [0.25, 0.3) is 4.96 Å². The highest BCUT2D eigenvalue weighted by molar-refractivity contribution is 7.14. The summed E-state index contributed by atoms with van der Waals surface area (Å²) in [6.07, 6.45) is 0. The lowest BCUT2D eigenvalue weighted by Gasteiger charge is -2.24. The van der Waals surface area contributed by atoms with Crippen LogP contribution < -0.4 is 5.56 Å². The Morgan fingerprint density at radius 3 is 2.94 bits per heavy atom. The first-order valence-corrected chi connectivity index (χ1v) is 6.46. The Kier molecular flexibility index (Phi) is 3.47. The summed E-state index contributed by atoms with van der Waals surface area (Å²) in [5, 5.41) is 13.6. The third kappa shape index (κ3) is 3.12. The second-order valence-corrected chi connectivity index (χ2v) is 5.82. The monoisotopic (exact) mass is 268 g/mol. The molecule has 2 rings (SSSR count). The van der Waals surface area contributed by atoms with E-state index in [1.807, 2.05) is 11.9 Å². The number of hydrogen-bond donors (Lipinski definition) is 1. The lowest BCUT2D eigenvalue weighted by Crippen LogP contribution is -2.36. The highest BCUT2D eigenvalue weighted by Crippen LogP contribution is 2.08. The number of aromatic nitrogens is 3. The first kappa shape index (κ1) is 13.1. The molecule has 0 bridgehead atoms. The minimum absolute atomic E-state index is 0.173. The second-order valence-electron chi connectivity index (χ2n) is 5.00. The molecule has 0 saturated heterocycles. The third-order valence-electron chi connectivity index (χ3n) is 2.33. The molecule has 0 amide bonds. The van der Waals surface area contributed by atoms with Crippen molar-refractivity contribution >= 4 is 16.3 Å². The first-order chi connectivity index (χ1) is 8.35. The summed E-state index contributed by atoms with van der Waals surface area (Å²) >= 11 is 1.33. The SMILES string of the molecule is CN(Cc1cc(=O)n2ncsc2n1)CC(C)(C)O. The Morgan fingerprint density at radius 2 is 2.28 bits per heavy atom. The summed E-state index contributed by atoms with van der Waals surface area (Å²) in [5.41, 5.74) is 1.34. The second kappa shape index (κ2) is 4.75. The summed E-state index contributed by atoms with van der Waals surface area (Å²) in [4.78, 5) is 18.6. The standard InChI is InChI=1S/C11H16N4O2S/c1-11(2,17)6-14(3)5-8-4-9(16)15-10(13-8)18-7-12-15/h4,7,17H,5-6H2,1-3H3. The fourth-order valence-electron chi connectivity index (χ4n) is 1.87. The van der Waals surface area contributed by atoms with Crippen LogP contribution in [0.3, 0.4) is 0 Å².